The third-order valence-electron chi connectivity index (χ3n) is 8.85. The Labute approximate surface area is 263 Å². The third kappa shape index (κ3) is 3.92. The maximum absolute atomic E-state index is 14.9. The highest BCUT2D eigenvalue weighted by atomic mass is 19.1. The molecule has 0 radical (unpaired) electrons. The number of nitrogens with zero attached hydrogens (tertiary/aromatic N) is 2. The van der Waals surface area contributed by atoms with E-state index in [1.807, 2.05) is 48.5 Å². The van der Waals surface area contributed by atoms with Crippen LogP contribution in [-0.4, -0.2) is 17.1 Å². The number of hydrogen-bond acceptors (Lipinski definition) is 4. The average Bonchev–Trinajstić information content (AvgIpc) is 3.50. The van der Waals surface area contributed by atoms with Crippen LogP contribution in [-0.2, 0) is 0 Å². The van der Waals surface area contributed by atoms with Gasteiger partial charge in [-0.3, -0.25) is 0 Å². The zero-order chi connectivity index (χ0) is 30.8. The van der Waals surface area contributed by atoms with Gasteiger partial charge < -0.3 is 9.15 Å². The van der Waals surface area contributed by atoms with E-state index in [1.54, 1.807) is 19.2 Å². The molecule has 0 saturated heterocycles. The molecule has 0 spiro atoms. The lowest BCUT2D eigenvalue weighted by Gasteiger charge is -2.12. The molecule has 0 N–H and O–H groups in total. The van der Waals surface area contributed by atoms with Gasteiger partial charge in [-0.15, -0.1) is 0 Å². The first-order valence-electron chi connectivity index (χ1n) is 15.1. The molecule has 5 heteroatoms. The van der Waals surface area contributed by atoms with Gasteiger partial charge in [-0.2, -0.15) is 0 Å². The first-order chi connectivity index (χ1) is 22.7. The number of rotatable bonds is 4. The molecular weight excluding hydrogens is 571 g/mol. The number of hydrogen-bond donors (Lipinski definition) is 0. The highest BCUT2D eigenvalue weighted by Gasteiger charge is 2.23. The van der Waals surface area contributed by atoms with Gasteiger partial charge in [-0.1, -0.05) is 109 Å². The van der Waals surface area contributed by atoms with Crippen LogP contribution < -0.4 is 4.74 Å². The third-order valence-corrected chi connectivity index (χ3v) is 8.85. The van der Waals surface area contributed by atoms with Gasteiger partial charge in [0.2, 0.25) is 0 Å². The topological polar surface area (TPSA) is 48.2 Å². The van der Waals surface area contributed by atoms with Gasteiger partial charge in [0.25, 0.3) is 0 Å². The minimum Gasteiger partial charge on any atom is -0.492 e. The lowest BCUT2D eigenvalue weighted by molar-refractivity contribution is 0.413. The first kappa shape index (κ1) is 26.3. The zero-order valence-corrected chi connectivity index (χ0v) is 24.8. The number of furan rings is 1. The summed E-state index contributed by atoms with van der Waals surface area (Å²) in [6.45, 7) is 0. The summed E-state index contributed by atoms with van der Waals surface area (Å²) in [5.74, 6) is 0.704. The monoisotopic (exact) mass is 596 g/mol. The van der Waals surface area contributed by atoms with E-state index in [9.17, 15) is 4.39 Å². The standard InChI is InChI=1S/C41H25FN2O2/c1-45-38-32(31-17-9-10-18-35(31)42)21-22-33-37-40(46-39(33)38)36(24-11-3-2-4-12-24)43-41(44-37)25-19-20-30-28-15-6-5-13-26(28)27-14-7-8-16-29(27)34(30)23-25/h2-23H,1H3. The summed E-state index contributed by atoms with van der Waals surface area (Å²) in [7, 11) is 1.57. The van der Waals surface area contributed by atoms with Crippen molar-refractivity contribution in [3.05, 3.63) is 139 Å². The van der Waals surface area contributed by atoms with Crippen molar-refractivity contribution in [2.75, 3.05) is 7.11 Å². The molecule has 0 unspecified atom stereocenters. The minimum atomic E-state index is -0.333. The smallest absolute Gasteiger partial charge is 0.180 e. The van der Waals surface area contributed by atoms with Crippen LogP contribution in [0.25, 0.3) is 88.2 Å². The predicted octanol–water partition coefficient (Wildman–Crippen LogP) is 11.0. The van der Waals surface area contributed by atoms with E-state index in [1.165, 1.54) is 33.0 Å². The molecule has 0 aliphatic carbocycles. The molecule has 2 aromatic heterocycles. The number of ether oxygens (including phenoxy) is 1. The Balaban J connectivity index is 1.34. The van der Waals surface area contributed by atoms with E-state index < -0.39 is 0 Å². The fraction of sp³-hybridized carbons (Fsp3) is 0.0244. The summed E-state index contributed by atoms with van der Waals surface area (Å²) in [4.78, 5) is 10.3. The van der Waals surface area contributed by atoms with E-state index in [0.29, 0.717) is 45.1 Å². The molecule has 9 rings (SSSR count). The highest BCUT2D eigenvalue weighted by molar-refractivity contribution is 6.25. The zero-order valence-electron chi connectivity index (χ0n) is 24.8. The summed E-state index contributed by atoms with van der Waals surface area (Å²) >= 11 is 0. The predicted molar refractivity (Wildman–Crippen MR) is 185 cm³/mol. The number of aromatic nitrogens is 2. The lowest BCUT2D eigenvalue weighted by Crippen LogP contribution is -1.94. The van der Waals surface area contributed by atoms with Crippen molar-refractivity contribution in [2.24, 2.45) is 0 Å². The Morgan fingerprint density at radius 3 is 1.83 bits per heavy atom. The fourth-order valence-corrected chi connectivity index (χ4v) is 6.74. The van der Waals surface area contributed by atoms with Crippen LogP contribution >= 0.6 is 0 Å². The average molecular weight is 597 g/mol. The highest BCUT2D eigenvalue weighted by Crippen LogP contribution is 2.44. The molecule has 46 heavy (non-hydrogen) atoms. The summed E-state index contributed by atoms with van der Waals surface area (Å²) < 4.78 is 27.3. The number of methoxy groups -OCH3 is 1. The van der Waals surface area contributed by atoms with Crippen LogP contribution in [0.4, 0.5) is 4.39 Å². The molecular formula is C41H25FN2O2. The molecule has 9 aromatic rings. The van der Waals surface area contributed by atoms with Crippen LogP contribution in [0, 0.1) is 5.82 Å². The van der Waals surface area contributed by atoms with Gasteiger partial charge in [0.1, 0.15) is 17.0 Å². The molecule has 0 fully saturated rings. The fourth-order valence-electron chi connectivity index (χ4n) is 6.74. The Hall–Kier alpha value is -6.07. The van der Waals surface area contributed by atoms with Crippen molar-refractivity contribution in [3.8, 4) is 39.5 Å². The SMILES string of the molecule is COc1c(-c2ccccc2F)ccc2c1oc1c(-c3ccccc3)nc(-c3ccc4c5ccccc5c5ccccc5c4c3)nc12. The van der Waals surface area contributed by atoms with Gasteiger partial charge in [0.15, 0.2) is 22.7 Å². The van der Waals surface area contributed by atoms with Gasteiger partial charge in [-0.05, 0) is 56.6 Å². The van der Waals surface area contributed by atoms with Gasteiger partial charge in [0.05, 0.1) is 12.5 Å². The molecule has 0 aliphatic rings. The van der Waals surface area contributed by atoms with E-state index in [2.05, 4.69) is 66.7 Å². The van der Waals surface area contributed by atoms with Crippen LogP contribution in [0.2, 0.25) is 0 Å². The lowest BCUT2D eigenvalue weighted by atomic mass is 9.93. The maximum atomic E-state index is 14.9. The molecule has 0 aliphatic heterocycles. The summed E-state index contributed by atoms with van der Waals surface area (Å²) in [5, 5.41) is 7.93. The molecule has 0 saturated carbocycles. The van der Waals surface area contributed by atoms with Crippen molar-refractivity contribution in [1.82, 2.24) is 9.97 Å². The van der Waals surface area contributed by atoms with Crippen molar-refractivity contribution in [3.63, 3.8) is 0 Å². The second-order valence-corrected chi connectivity index (χ2v) is 11.4. The Morgan fingerprint density at radius 2 is 1.13 bits per heavy atom. The van der Waals surface area contributed by atoms with Crippen molar-refractivity contribution in [2.45, 2.75) is 0 Å². The van der Waals surface area contributed by atoms with E-state index in [-0.39, 0.29) is 5.82 Å². The number of benzene rings is 7. The van der Waals surface area contributed by atoms with Crippen molar-refractivity contribution >= 4 is 54.4 Å². The largest absolute Gasteiger partial charge is 0.492 e. The normalized spacial score (nSPS) is 11.7. The molecule has 2 heterocycles. The number of fused-ring (bicyclic) bond motifs is 9. The van der Waals surface area contributed by atoms with Crippen LogP contribution in [0.3, 0.4) is 0 Å². The molecule has 4 nitrogen and oxygen atoms in total. The van der Waals surface area contributed by atoms with Crippen LogP contribution in [0.15, 0.2) is 138 Å². The minimum absolute atomic E-state index is 0.333. The molecule has 218 valence electrons. The molecule has 0 bridgehead atoms. The maximum Gasteiger partial charge on any atom is 0.180 e. The summed E-state index contributed by atoms with van der Waals surface area (Å²) in [5.41, 5.74) is 5.24. The van der Waals surface area contributed by atoms with Gasteiger partial charge in [0, 0.05) is 22.3 Å². The molecule has 0 amide bonds. The van der Waals surface area contributed by atoms with Crippen molar-refractivity contribution < 1.29 is 13.5 Å². The van der Waals surface area contributed by atoms with E-state index >= 15 is 0 Å². The Kier molecular flexibility index (Phi) is 5.87. The van der Waals surface area contributed by atoms with Crippen molar-refractivity contribution in [1.29, 1.82) is 0 Å². The number of halogens is 1. The van der Waals surface area contributed by atoms with E-state index in [0.717, 1.165) is 21.9 Å². The molecule has 7 aromatic carbocycles. The Bertz CT molecular complexity index is 2610. The van der Waals surface area contributed by atoms with E-state index in [4.69, 9.17) is 19.1 Å². The second-order valence-electron chi connectivity index (χ2n) is 11.4. The summed E-state index contributed by atoms with van der Waals surface area (Å²) in [6.07, 6.45) is 0. The quantitative estimate of drug-likeness (QED) is 0.190. The van der Waals surface area contributed by atoms with Crippen LogP contribution in [0.1, 0.15) is 0 Å². The molecule has 0 atom stereocenters. The Morgan fingerprint density at radius 1 is 0.522 bits per heavy atom. The van der Waals surface area contributed by atoms with Gasteiger partial charge in [-0.25, -0.2) is 14.4 Å². The second kappa shape index (κ2) is 10.2. The van der Waals surface area contributed by atoms with Crippen LogP contribution in [0.5, 0.6) is 5.75 Å². The van der Waals surface area contributed by atoms with Gasteiger partial charge >= 0.3 is 0 Å². The first-order valence-corrected chi connectivity index (χ1v) is 15.1. The summed E-state index contributed by atoms with van der Waals surface area (Å²) in [6, 6.07) is 44.0.